The molecule has 0 aliphatic carbocycles. The van der Waals surface area contributed by atoms with Gasteiger partial charge in [0.25, 0.3) is 6.43 Å². The van der Waals surface area contributed by atoms with E-state index < -0.39 is 18.8 Å². The molecule has 0 saturated carbocycles. The number of rotatable bonds is 6. The zero-order valence-electron chi connectivity index (χ0n) is 10.1. The first-order chi connectivity index (χ1) is 9.54. The minimum Gasteiger partial charge on any atom is -0.485 e. The number of nitrogens with one attached hydrogen (secondary N) is 1. The van der Waals surface area contributed by atoms with E-state index in [0.29, 0.717) is 16.7 Å². The van der Waals surface area contributed by atoms with Gasteiger partial charge in [0.05, 0.1) is 6.54 Å². The molecule has 0 bridgehead atoms. The number of halogens is 4. The zero-order chi connectivity index (χ0) is 14.5. The molecule has 0 aliphatic heterocycles. The van der Waals surface area contributed by atoms with E-state index in [1.54, 1.807) is 12.3 Å². The zero-order valence-corrected chi connectivity index (χ0v) is 11.6. The number of hydrogen-bond donors (Lipinski definition) is 1. The molecule has 0 fully saturated rings. The standard InChI is InChI=1S/C12H10ClF3N2OS/c13-12-18-5-8(20-12)4-17-7-1-2-10(9(14)3-7)19-6-11(15)16/h1-3,5,11,17H,4,6H2. The highest BCUT2D eigenvalue weighted by Gasteiger charge is 2.09. The van der Waals surface area contributed by atoms with E-state index in [0.717, 1.165) is 4.88 Å². The van der Waals surface area contributed by atoms with E-state index in [9.17, 15) is 13.2 Å². The fraction of sp³-hybridized carbons (Fsp3) is 0.250. The SMILES string of the molecule is Fc1cc(NCc2cnc(Cl)s2)ccc1OCC(F)F. The van der Waals surface area contributed by atoms with Crippen molar-refractivity contribution in [2.75, 3.05) is 11.9 Å². The van der Waals surface area contributed by atoms with E-state index >= 15 is 0 Å². The van der Waals surface area contributed by atoms with E-state index in [1.165, 1.54) is 23.5 Å². The maximum Gasteiger partial charge on any atom is 0.272 e. The lowest BCUT2D eigenvalue weighted by molar-refractivity contribution is 0.0799. The number of alkyl halides is 2. The fourth-order valence-corrected chi connectivity index (χ4v) is 2.35. The van der Waals surface area contributed by atoms with Gasteiger partial charge in [-0.15, -0.1) is 11.3 Å². The summed E-state index contributed by atoms with van der Waals surface area (Å²) in [4.78, 5) is 4.78. The minimum absolute atomic E-state index is 0.198. The summed E-state index contributed by atoms with van der Waals surface area (Å²) in [6.07, 6.45) is -1.01. The molecule has 0 aliphatic rings. The Morgan fingerprint density at radius 1 is 1.40 bits per heavy atom. The lowest BCUT2D eigenvalue weighted by Crippen LogP contribution is -2.08. The highest BCUT2D eigenvalue weighted by Crippen LogP contribution is 2.23. The van der Waals surface area contributed by atoms with Gasteiger partial charge in [-0.1, -0.05) is 11.6 Å². The lowest BCUT2D eigenvalue weighted by atomic mass is 10.3. The van der Waals surface area contributed by atoms with Crippen LogP contribution in [0.2, 0.25) is 4.47 Å². The number of ether oxygens (including phenoxy) is 1. The molecule has 0 spiro atoms. The topological polar surface area (TPSA) is 34.2 Å². The summed E-state index contributed by atoms with van der Waals surface area (Å²) in [5, 5.41) is 2.98. The molecule has 2 rings (SSSR count). The third kappa shape index (κ3) is 4.28. The second-order valence-corrected chi connectivity index (χ2v) is 5.48. The van der Waals surface area contributed by atoms with Gasteiger partial charge >= 0.3 is 0 Å². The number of anilines is 1. The average Bonchev–Trinajstić information content (AvgIpc) is 2.81. The van der Waals surface area contributed by atoms with Crippen molar-refractivity contribution in [2.24, 2.45) is 0 Å². The summed E-state index contributed by atoms with van der Waals surface area (Å²) in [6, 6.07) is 4.04. The Morgan fingerprint density at radius 3 is 2.80 bits per heavy atom. The van der Waals surface area contributed by atoms with Gasteiger partial charge in [-0.3, -0.25) is 0 Å². The van der Waals surface area contributed by atoms with Gasteiger partial charge in [0, 0.05) is 22.8 Å². The molecule has 0 radical (unpaired) electrons. The third-order valence-corrected chi connectivity index (χ3v) is 3.40. The summed E-state index contributed by atoms with van der Waals surface area (Å²) in [6.45, 7) is -0.385. The summed E-state index contributed by atoms with van der Waals surface area (Å²) in [5.74, 6) is -0.894. The molecule has 1 aromatic carbocycles. The van der Waals surface area contributed by atoms with Crippen LogP contribution in [0.5, 0.6) is 5.75 Å². The van der Waals surface area contributed by atoms with Crippen LogP contribution in [0.1, 0.15) is 4.88 Å². The van der Waals surface area contributed by atoms with Crippen molar-refractivity contribution < 1.29 is 17.9 Å². The summed E-state index contributed by atoms with van der Waals surface area (Å²) < 4.78 is 42.6. The highest BCUT2D eigenvalue weighted by atomic mass is 35.5. The van der Waals surface area contributed by atoms with Gasteiger partial charge < -0.3 is 10.1 Å². The summed E-state index contributed by atoms with van der Waals surface area (Å²) >= 11 is 7.01. The minimum atomic E-state index is -2.64. The lowest BCUT2D eigenvalue weighted by Gasteiger charge is -2.09. The molecule has 1 N–H and O–H groups in total. The molecule has 20 heavy (non-hydrogen) atoms. The molecule has 2 aromatic rings. The van der Waals surface area contributed by atoms with E-state index in [1.807, 2.05) is 0 Å². The van der Waals surface area contributed by atoms with Gasteiger partial charge in [0.1, 0.15) is 6.61 Å². The molecule has 1 aromatic heterocycles. The van der Waals surface area contributed by atoms with Gasteiger partial charge in [0.15, 0.2) is 16.0 Å². The Labute approximate surface area is 122 Å². The van der Waals surface area contributed by atoms with E-state index in [-0.39, 0.29) is 5.75 Å². The first kappa shape index (κ1) is 14.9. The van der Waals surface area contributed by atoms with Crippen LogP contribution in [0.15, 0.2) is 24.4 Å². The van der Waals surface area contributed by atoms with Crippen LogP contribution < -0.4 is 10.1 Å². The molecule has 3 nitrogen and oxygen atoms in total. The van der Waals surface area contributed by atoms with Crippen LogP contribution in [-0.2, 0) is 6.54 Å². The maximum absolute atomic E-state index is 13.6. The van der Waals surface area contributed by atoms with Crippen molar-refractivity contribution in [2.45, 2.75) is 13.0 Å². The molecule has 0 saturated heterocycles. The van der Waals surface area contributed by atoms with Crippen molar-refractivity contribution in [1.82, 2.24) is 4.98 Å². The Morgan fingerprint density at radius 2 is 2.20 bits per heavy atom. The summed E-state index contributed by atoms with van der Waals surface area (Å²) in [5.41, 5.74) is 0.511. The van der Waals surface area contributed by atoms with Crippen LogP contribution in [0.4, 0.5) is 18.9 Å². The van der Waals surface area contributed by atoms with Crippen LogP contribution in [0.25, 0.3) is 0 Å². The maximum atomic E-state index is 13.6. The highest BCUT2D eigenvalue weighted by molar-refractivity contribution is 7.15. The van der Waals surface area contributed by atoms with Gasteiger partial charge in [-0.25, -0.2) is 18.2 Å². The second-order valence-electron chi connectivity index (χ2n) is 3.78. The van der Waals surface area contributed by atoms with Gasteiger partial charge in [-0.05, 0) is 12.1 Å². The predicted octanol–water partition coefficient (Wildman–Crippen LogP) is 4.19. The van der Waals surface area contributed by atoms with E-state index in [4.69, 9.17) is 11.6 Å². The van der Waals surface area contributed by atoms with Crippen molar-refractivity contribution >= 4 is 28.6 Å². The van der Waals surface area contributed by atoms with Crippen molar-refractivity contribution in [3.8, 4) is 5.75 Å². The normalized spacial score (nSPS) is 10.8. The first-order valence-corrected chi connectivity index (χ1v) is 6.78. The molecular weight excluding hydrogens is 313 g/mol. The number of aromatic nitrogens is 1. The number of benzene rings is 1. The Hall–Kier alpha value is -1.47. The monoisotopic (exact) mass is 322 g/mol. The molecule has 108 valence electrons. The average molecular weight is 323 g/mol. The Kier molecular flexibility index (Phi) is 5.08. The fourth-order valence-electron chi connectivity index (χ4n) is 1.44. The van der Waals surface area contributed by atoms with Crippen LogP contribution in [0.3, 0.4) is 0 Å². The van der Waals surface area contributed by atoms with Crippen LogP contribution >= 0.6 is 22.9 Å². The number of thiazole rings is 1. The number of nitrogens with zero attached hydrogens (tertiary/aromatic N) is 1. The molecule has 0 amide bonds. The first-order valence-electron chi connectivity index (χ1n) is 5.59. The summed E-state index contributed by atoms with van der Waals surface area (Å²) in [7, 11) is 0. The van der Waals surface area contributed by atoms with Crippen molar-refractivity contribution in [3.05, 3.63) is 39.6 Å². The molecule has 1 heterocycles. The Balaban J connectivity index is 1.94. The number of hydrogen-bond acceptors (Lipinski definition) is 4. The Bertz CT molecular complexity index is 580. The largest absolute Gasteiger partial charge is 0.485 e. The molecule has 0 atom stereocenters. The van der Waals surface area contributed by atoms with E-state index in [2.05, 4.69) is 15.0 Å². The third-order valence-electron chi connectivity index (χ3n) is 2.29. The van der Waals surface area contributed by atoms with Crippen LogP contribution in [-0.4, -0.2) is 18.0 Å². The van der Waals surface area contributed by atoms with Crippen molar-refractivity contribution in [3.63, 3.8) is 0 Å². The molecule has 8 heteroatoms. The smallest absolute Gasteiger partial charge is 0.272 e. The molecular formula is C12H10ClF3N2OS. The van der Waals surface area contributed by atoms with Crippen molar-refractivity contribution in [1.29, 1.82) is 0 Å². The second kappa shape index (κ2) is 6.81. The quantitative estimate of drug-likeness (QED) is 0.866. The van der Waals surface area contributed by atoms with Crippen LogP contribution in [0, 0.1) is 5.82 Å². The van der Waals surface area contributed by atoms with Gasteiger partial charge in [0.2, 0.25) is 0 Å². The molecule has 0 unspecified atom stereocenters. The predicted molar refractivity (Wildman–Crippen MR) is 72.3 cm³/mol. The van der Waals surface area contributed by atoms with Gasteiger partial charge in [-0.2, -0.15) is 0 Å².